The van der Waals surface area contributed by atoms with Gasteiger partial charge in [-0.3, -0.25) is 19.6 Å². The third-order valence-corrected chi connectivity index (χ3v) is 3.00. The van der Waals surface area contributed by atoms with E-state index in [4.69, 9.17) is 16.9 Å². The van der Waals surface area contributed by atoms with Gasteiger partial charge in [0.2, 0.25) is 5.91 Å². The molecule has 0 bridgehead atoms. The van der Waals surface area contributed by atoms with E-state index in [1.54, 1.807) is 24.3 Å². The fourth-order valence-electron chi connectivity index (χ4n) is 1.79. The van der Waals surface area contributed by atoms with Crippen molar-refractivity contribution < 1.29 is 4.79 Å². The van der Waals surface area contributed by atoms with E-state index in [-0.39, 0.29) is 36.4 Å². The molecule has 8 nitrogen and oxygen atoms in total. The molecule has 6 N–H and O–H groups in total. The van der Waals surface area contributed by atoms with E-state index in [1.807, 2.05) is 0 Å². The van der Waals surface area contributed by atoms with Gasteiger partial charge in [0.15, 0.2) is 0 Å². The number of carbonyl (C=O) groups excluding carboxylic acids is 1. The van der Waals surface area contributed by atoms with E-state index >= 15 is 0 Å². The van der Waals surface area contributed by atoms with Crippen molar-refractivity contribution in [3.05, 3.63) is 58.3 Å². The van der Waals surface area contributed by atoms with Crippen LogP contribution in [0.25, 0.3) is 0 Å². The second kappa shape index (κ2) is 7.95. The van der Waals surface area contributed by atoms with Crippen LogP contribution in [0, 0.1) is 5.41 Å². The first-order chi connectivity index (χ1) is 10.5. The van der Waals surface area contributed by atoms with Crippen molar-refractivity contribution in [2.45, 2.75) is 13.1 Å². The highest BCUT2D eigenvalue weighted by atomic mass is 35.5. The van der Waals surface area contributed by atoms with Gasteiger partial charge in [-0.1, -0.05) is 24.3 Å². The number of benzene rings is 1. The molecule has 2 aromatic rings. The summed E-state index contributed by atoms with van der Waals surface area (Å²) in [5.74, 6) is -0.339. The summed E-state index contributed by atoms with van der Waals surface area (Å²) in [7, 11) is 0. The summed E-state index contributed by atoms with van der Waals surface area (Å²) in [5, 5.41) is 9.99. The SMILES string of the molecule is Cl.N=C(N)c1ccc(CNC(=O)Cn2cncc(N)c2=O)cc1. The Balaban J connectivity index is 0.00000264. The number of hydrogen-bond donors (Lipinski definition) is 4. The van der Waals surface area contributed by atoms with Crippen LogP contribution < -0.4 is 22.3 Å². The predicted octanol–water partition coefficient (Wildman–Crippen LogP) is -0.152. The molecule has 2 rings (SSSR count). The van der Waals surface area contributed by atoms with Crippen LogP contribution in [0.5, 0.6) is 0 Å². The average molecular weight is 337 g/mol. The second-order valence-electron chi connectivity index (χ2n) is 4.67. The molecule has 23 heavy (non-hydrogen) atoms. The van der Waals surface area contributed by atoms with E-state index in [0.717, 1.165) is 10.1 Å². The largest absolute Gasteiger partial charge is 0.393 e. The molecule has 0 aliphatic carbocycles. The van der Waals surface area contributed by atoms with E-state index in [1.165, 1.54) is 12.5 Å². The van der Waals surface area contributed by atoms with Crippen LogP contribution in [-0.2, 0) is 17.9 Å². The topological polar surface area (TPSA) is 140 Å². The Morgan fingerprint density at radius 3 is 2.57 bits per heavy atom. The number of amides is 1. The van der Waals surface area contributed by atoms with Gasteiger partial charge in [0.05, 0.1) is 12.5 Å². The number of anilines is 1. The summed E-state index contributed by atoms with van der Waals surface area (Å²) >= 11 is 0. The number of nitrogens with one attached hydrogen (secondary N) is 2. The van der Waals surface area contributed by atoms with E-state index in [2.05, 4.69) is 10.3 Å². The third kappa shape index (κ3) is 4.82. The Bertz CT molecular complexity index is 757. The Labute approximate surface area is 138 Å². The van der Waals surface area contributed by atoms with Gasteiger partial charge in [-0.25, -0.2) is 4.98 Å². The number of rotatable bonds is 5. The Kier molecular flexibility index (Phi) is 6.28. The fourth-order valence-corrected chi connectivity index (χ4v) is 1.79. The minimum Gasteiger partial charge on any atom is -0.393 e. The normalized spacial score (nSPS) is 9.74. The van der Waals surface area contributed by atoms with Crippen LogP contribution in [0.15, 0.2) is 41.6 Å². The molecule has 0 spiro atoms. The smallest absolute Gasteiger partial charge is 0.276 e. The average Bonchev–Trinajstić information content (AvgIpc) is 2.50. The molecule has 0 aliphatic rings. The lowest BCUT2D eigenvalue weighted by Gasteiger charge is -2.08. The van der Waals surface area contributed by atoms with Crippen molar-refractivity contribution in [3.63, 3.8) is 0 Å². The Hall–Kier alpha value is -2.87. The molecule has 122 valence electrons. The van der Waals surface area contributed by atoms with E-state index in [0.29, 0.717) is 12.1 Å². The molecule has 1 amide bonds. The molecule has 0 saturated carbocycles. The number of amidine groups is 1. The number of aromatic nitrogens is 2. The highest BCUT2D eigenvalue weighted by molar-refractivity contribution is 5.94. The first-order valence-electron chi connectivity index (χ1n) is 6.47. The number of nitrogen functional groups attached to an aromatic ring is 2. The maximum Gasteiger partial charge on any atom is 0.276 e. The monoisotopic (exact) mass is 336 g/mol. The summed E-state index contributed by atoms with van der Waals surface area (Å²) in [6.07, 6.45) is 2.51. The number of nitrogens with two attached hydrogens (primary N) is 2. The highest BCUT2D eigenvalue weighted by Crippen LogP contribution is 2.03. The molecule has 1 aromatic heterocycles. The van der Waals surface area contributed by atoms with Gasteiger partial charge in [0.25, 0.3) is 5.56 Å². The Morgan fingerprint density at radius 2 is 1.96 bits per heavy atom. The molecule has 0 aliphatic heterocycles. The molecule has 0 fully saturated rings. The quantitative estimate of drug-likeness (QED) is 0.444. The van der Waals surface area contributed by atoms with Gasteiger partial charge in [-0.2, -0.15) is 0 Å². The molecule has 1 heterocycles. The van der Waals surface area contributed by atoms with Gasteiger partial charge in [0, 0.05) is 12.1 Å². The minimum absolute atomic E-state index is 0. The molecule has 1 aromatic carbocycles. The van der Waals surface area contributed by atoms with Crippen LogP contribution >= 0.6 is 12.4 Å². The zero-order valence-corrected chi connectivity index (χ0v) is 13.0. The lowest BCUT2D eigenvalue weighted by atomic mass is 10.1. The van der Waals surface area contributed by atoms with Crippen molar-refractivity contribution in [1.29, 1.82) is 5.41 Å². The Morgan fingerprint density at radius 1 is 1.30 bits per heavy atom. The standard InChI is InChI=1S/C14H16N6O2.ClH/c15-11-6-18-8-20(14(11)22)7-12(21)19-5-9-1-3-10(4-2-9)13(16)17;/h1-4,6,8H,5,7,15H2,(H3,16,17)(H,19,21);1H. The lowest BCUT2D eigenvalue weighted by Crippen LogP contribution is -2.32. The van der Waals surface area contributed by atoms with Crippen molar-refractivity contribution in [3.8, 4) is 0 Å². The highest BCUT2D eigenvalue weighted by Gasteiger charge is 2.06. The summed E-state index contributed by atoms with van der Waals surface area (Å²) in [6.45, 7) is 0.157. The van der Waals surface area contributed by atoms with Gasteiger partial charge in [-0.15, -0.1) is 12.4 Å². The van der Waals surface area contributed by atoms with Crippen LogP contribution in [0.1, 0.15) is 11.1 Å². The van der Waals surface area contributed by atoms with Crippen LogP contribution in [-0.4, -0.2) is 21.3 Å². The molecule has 0 unspecified atom stereocenters. The first-order valence-corrected chi connectivity index (χ1v) is 6.47. The minimum atomic E-state index is -0.448. The van der Waals surface area contributed by atoms with Crippen molar-refractivity contribution >= 4 is 29.8 Å². The van der Waals surface area contributed by atoms with Gasteiger partial charge >= 0.3 is 0 Å². The molecular weight excluding hydrogens is 320 g/mol. The molecule has 9 heteroatoms. The number of halogens is 1. The van der Waals surface area contributed by atoms with Crippen LogP contribution in [0.4, 0.5) is 5.69 Å². The number of nitrogens with zero attached hydrogens (tertiary/aromatic N) is 2. The maximum atomic E-state index is 11.8. The zero-order chi connectivity index (χ0) is 16.1. The van der Waals surface area contributed by atoms with Gasteiger partial charge < -0.3 is 16.8 Å². The fraction of sp³-hybridized carbons (Fsp3) is 0.143. The van der Waals surface area contributed by atoms with Gasteiger partial charge in [-0.05, 0) is 5.56 Å². The molecule has 0 atom stereocenters. The van der Waals surface area contributed by atoms with Crippen molar-refractivity contribution in [2.24, 2.45) is 5.73 Å². The maximum absolute atomic E-state index is 11.8. The summed E-state index contributed by atoms with van der Waals surface area (Å²) in [5.41, 5.74) is 11.8. The first kappa shape index (κ1) is 18.2. The van der Waals surface area contributed by atoms with Crippen LogP contribution in [0.2, 0.25) is 0 Å². The molecule has 0 radical (unpaired) electrons. The van der Waals surface area contributed by atoms with Crippen molar-refractivity contribution in [2.75, 3.05) is 5.73 Å². The molecular formula is C14H17ClN6O2. The van der Waals surface area contributed by atoms with E-state index < -0.39 is 5.56 Å². The van der Waals surface area contributed by atoms with E-state index in [9.17, 15) is 9.59 Å². The zero-order valence-electron chi connectivity index (χ0n) is 12.2. The lowest BCUT2D eigenvalue weighted by molar-refractivity contribution is -0.121. The van der Waals surface area contributed by atoms with Gasteiger partial charge in [0.1, 0.15) is 18.1 Å². The number of hydrogen-bond acceptors (Lipinski definition) is 5. The number of carbonyl (C=O) groups is 1. The van der Waals surface area contributed by atoms with Crippen LogP contribution in [0.3, 0.4) is 0 Å². The van der Waals surface area contributed by atoms with Crippen molar-refractivity contribution in [1.82, 2.24) is 14.9 Å². The second-order valence-corrected chi connectivity index (χ2v) is 4.67. The molecule has 0 saturated heterocycles. The third-order valence-electron chi connectivity index (χ3n) is 3.00. The predicted molar refractivity (Wildman–Crippen MR) is 89.5 cm³/mol. The summed E-state index contributed by atoms with van der Waals surface area (Å²) in [6, 6.07) is 6.95. The summed E-state index contributed by atoms with van der Waals surface area (Å²) < 4.78 is 1.14. The summed E-state index contributed by atoms with van der Waals surface area (Å²) in [4.78, 5) is 27.3.